The molecular weight excluding hydrogens is 314 g/mol. The van der Waals surface area contributed by atoms with Gasteiger partial charge in [-0.2, -0.15) is 0 Å². The third-order valence-corrected chi connectivity index (χ3v) is 4.52. The molecule has 4 nitrogen and oxygen atoms in total. The Balaban J connectivity index is 3.86. The lowest BCUT2D eigenvalue weighted by atomic mass is 10.1. The molecule has 0 heterocycles. The molecule has 0 bridgehead atoms. The number of rotatable bonds is 17. The number of hydrogen-bond donors (Lipinski definition) is 3. The molecule has 0 aliphatic rings. The largest absolute Gasteiger partial charge is 0.394 e. The SMILES string of the molecule is CCCCCCCC/C=C/C(O)C(CO)NC(=O)CCCCCCC. The van der Waals surface area contributed by atoms with E-state index < -0.39 is 12.1 Å². The minimum absolute atomic E-state index is 0.0843. The van der Waals surface area contributed by atoms with Crippen LogP contribution in [0.15, 0.2) is 12.2 Å². The predicted molar refractivity (Wildman–Crippen MR) is 106 cm³/mol. The molecule has 0 saturated carbocycles. The third kappa shape index (κ3) is 15.1. The molecule has 0 saturated heterocycles. The van der Waals surface area contributed by atoms with Crippen molar-refractivity contribution in [3.05, 3.63) is 12.2 Å². The minimum atomic E-state index is -0.825. The average Bonchev–Trinajstić information content (AvgIpc) is 2.61. The van der Waals surface area contributed by atoms with Crippen LogP contribution in [0.4, 0.5) is 0 Å². The van der Waals surface area contributed by atoms with E-state index in [0.29, 0.717) is 6.42 Å². The van der Waals surface area contributed by atoms with Crippen molar-refractivity contribution >= 4 is 5.91 Å². The van der Waals surface area contributed by atoms with Crippen LogP contribution in [0.3, 0.4) is 0 Å². The fourth-order valence-electron chi connectivity index (χ4n) is 2.82. The van der Waals surface area contributed by atoms with Crippen molar-refractivity contribution in [1.82, 2.24) is 5.32 Å². The van der Waals surface area contributed by atoms with Gasteiger partial charge in [0.25, 0.3) is 0 Å². The summed E-state index contributed by atoms with van der Waals surface area (Å²) < 4.78 is 0. The fourth-order valence-corrected chi connectivity index (χ4v) is 2.82. The number of unbranched alkanes of at least 4 members (excludes halogenated alkanes) is 10. The lowest BCUT2D eigenvalue weighted by Crippen LogP contribution is -2.45. The summed E-state index contributed by atoms with van der Waals surface area (Å²) in [5.41, 5.74) is 0. The fraction of sp³-hybridized carbons (Fsp3) is 0.857. The number of amides is 1. The van der Waals surface area contributed by atoms with E-state index in [1.54, 1.807) is 6.08 Å². The Morgan fingerprint density at radius 2 is 1.48 bits per heavy atom. The Labute approximate surface area is 155 Å². The highest BCUT2D eigenvalue weighted by atomic mass is 16.3. The van der Waals surface area contributed by atoms with Gasteiger partial charge in [-0.05, 0) is 19.3 Å². The number of allylic oxidation sites excluding steroid dienone is 1. The average molecular weight is 356 g/mol. The molecule has 0 aliphatic carbocycles. The van der Waals surface area contributed by atoms with Crippen LogP contribution < -0.4 is 5.32 Å². The maximum atomic E-state index is 11.9. The maximum Gasteiger partial charge on any atom is 0.220 e. The Bertz CT molecular complexity index is 331. The zero-order valence-electron chi connectivity index (χ0n) is 16.5. The quantitative estimate of drug-likeness (QED) is 0.266. The summed E-state index contributed by atoms with van der Waals surface area (Å²) in [5, 5.41) is 22.3. The van der Waals surface area contributed by atoms with Crippen molar-refractivity contribution in [3.8, 4) is 0 Å². The van der Waals surface area contributed by atoms with Gasteiger partial charge in [-0.1, -0.05) is 83.8 Å². The van der Waals surface area contributed by atoms with Gasteiger partial charge in [0.1, 0.15) is 0 Å². The summed E-state index contributed by atoms with van der Waals surface area (Å²) in [6.07, 6.45) is 17.2. The van der Waals surface area contributed by atoms with Gasteiger partial charge < -0.3 is 15.5 Å². The molecule has 0 aromatic rings. The van der Waals surface area contributed by atoms with Crippen LogP contribution >= 0.6 is 0 Å². The number of aliphatic hydroxyl groups is 2. The summed E-state index contributed by atoms with van der Waals surface area (Å²) in [7, 11) is 0. The second kappa shape index (κ2) is 17.9. The number of hydrogen-bond acceptors (Lipinski definition) is 3. The Kier molecular flexibility index (Phi) is 17.3. The van der Waals surface area contributed by atoms with Gasteiger partial charge in [0.05, 0.1) is 18.8 Å². The van der Waals surface area contributed by atoms with Crippen molar-refractivity contribution in [3.63, 3.8) is 0 Å². The van der Waals surface area contributed by atoms with Gasteiger partial charge in [-0.25, -0.2) is 0 Å². The Hall–Kier alpha value is -0.870. The van der Waals surface area contributed by atoms with Gasteiger partial charge in [-0.3, -0.25) is 4.79 Å². The van der Waals surface area contributed by atoms with Crippen molar-refractivity contribution in [2.24, 2.45) is 0 Å². The van der Waals surface area contributed by atoms with Crippen LogP contribution in [-0.4, -0.2) is 34.9 Å². The number of carbonyl (C=O) groups is 1. The molecular formula is C21H41NO3. The van der Waals surface area contributed by atoms with Crippen LogP contribution in [0.25, 0.3) is 0 Å². The number of nitrogens with one attached hydrogen (secondary N) is 1. The van der Waals surface area contributed by atoms with Gasteiger partial charge in [0.2, 0.25) is 5.91 Å². The second-order valence-corrected chi connectivity index (χ2v) is 7.00. The number of aliphatic hydroxyl groups excluding tert-OH is 2. The molecule has 2 unspecified atom stereocenters. The van der Waals surface area contributed by atoms with Crippen LogP contribution in [0.2, 0.25) is 0 Å². The molecule has 0 radical (unpaired) electrons. The zero-order chi connectivity index (χ0) is 18.8. The van der Waals surface area contributed by atoms with Gasteiger partial charge in [-0.15, -0.1) is 0 Å². The van der Waals surface area contributed by atoms with E-state index in [4.69, 9.17) is 0 Å². The summed E-state index contributed by atoms with van der Waals surface area (Å²) in [6.45, 7) is 4.14. The summed E-state index contributed by atoms with van der Waals surface area (Å²) >= 11 is 0. The van der Waals surface area contributed by atoms with Gasteiger partial charge in [0, 0.05) is 6.42 Å². The first-order chi connectivity index (χ1) is 12.2. The molecule has 4 heteroatoms. The standard InChI is InChI=1S/C21H41NO3/c1-3-5-7-9-10-11-13-14-16-20(24)19(18-23)22-21(25)17-15-12-8-6-4-2/h14,16,19-20,23-24H,3-13,15,17-18H2,1-2H3,(H,22,25)/b16-14+. The maximum absolute atomic E-state index is 11.9. The number of carbonyl (C=O) groups excluding carboxylic acids is 1. The molecule has 3 N–H and O–H groups in total. The smallest absolute Gasteiger partial charge is 0.220 e. The molecule has 0 fully saturated rings. The molecule has 0 rings (SSSR count). The highest BCUT2D eigenvalue weighted by Crippen LogP contribution is 2.08. The molecule has 0 spiro atoms. The van der Waals surface area contributed by atoms with Crippen LogP contribution in [-0.2, 0) is 4.79 Å². The van der Waals surface area contributed by atoms with Crippen LogP contribution in [0, 0.1) is 0 Å². The van der Waals surface area contributed by atoms with E-state index in [0.717, 1.165) is 32.1 Å². The molecule has 25 heavy (non-hydrogen) atoms. The van der Waals surface area contributed by atoms with Crippen LogP contribution in [0.5, 0.6) is 0 Å². The first-order valence-corrected chi connectivity index (χ1v) is 10.4. The molecule has 2 atom stereocenters. The van der Waals surface area contributed by atoms with E-state index in [9.17, 15) is 15.0 Å². The van der Waals surface area contributed by atoms with Crippen molar-refractivity contribution in [1.29, 1.82) is 0 Å². The molecule has 0 aromatic carbocycles. The second-order valence-electron chi connectivity index (χ2n) is 7.00. The first kappa shape index (κ1) is 24.1. The van der Waals surface area contributed by atoms with E-state index in [1.165, 1.54) is 44.9 Å². The van der Waals surface area contributed by atoms with Gasteiger partial charge >= 0.3 is 0 Å². The lowest BCUT2D eigenvalue weighted by Gasteiger charge is -2.20. The van der Waals surface area contributed by atoms with E-state index in [1.807, 2.05) is 6.08 Å². The van der Waals surface area contributed by atoms with Crippen LogP contribution in [0.1, 0.15) is 97.3 Å². The molecule has 0 aliphatic heterocycles. The molecule has 148 valence electrons. The summed E-state index contributed by atoms with van der Waals surface area (Å²) in [4.78, 5) is 11.9. The van der Waals surface area contributed by atoms with E-state index in [-0.39, 0.29) is 12.5 Å². The normalized spacial score (nSPS) is 13.9. The van der Waals surface area contributed by atoms with Crippen molar-refractivity contribution in [2.75, 3.05) is 6.61 Å². The molecule has 0 aromatic heterocycles. The van der Waals surface area contributed by atoms with E-state index >= 15 is 0 Å². The topological polar surface area (TPSA) is 69.6 Å². The van der Waals surface area contributed by atoms with Gasteiger partial charge in [0.15, 0.2) is 0 Å². The first-order valence-electron chi connectivity index (χ1n) is 10.4. The van der Waals surface area contributed by atoms with Crippen molar-refractivity contribution in [2.45, 2.75) is 109 Å². The van der Waals surface area contributed by atoms with E-state index in [2.05, 4.69) is 19.2 Å². The van der Waals surface area contributed by atoms with Crippen molar-refractivity contribution < 1.29 is 15.0 Å². The highest BCUT2D eigenvalue weighted by Gasteiger charge is 2.17. The highest BCUT2D eigenvalue weighted by molar-refractivity contribution is 5.76. The summed E-state index contributed by atoms with van der Waals surface area (Å²) in [6, 6.07) is -0.607. The monoisotopic (exact) mass is 355 g/mol. The Morgan fingerprint density at radius 3 is 2.08 bits per heavy atom. The zero-order valence-corrected chi connectivity index (χ0v) is 16.5. The lowest BCUT2D eigenvalue weighted by molar-refractivity contribution is -0.123. The molecule has 1 amide bonds. The Morgan fingerprint density at radius 1 is 0.920 bits per heavy atom. The third-order valence-electron chi connectivity index (χ3n) is 4.52. The minimum Gasteiger partial charge on any atom is -0.394 e. The predicted octanol–water partition coefficient (Wildman–Crippen LogP) is 4.49. The summed E-state index contributed by atoms with van der Waals surface area (Å²) in [5.74, 6) is -0.0843.